The number of carbonyl (C=O) groups is 2. The van der Waals surface area contributed by atoms with Gasteiger partial charge >= 0.3 is 0 Å². The zero-order valence-corrected chi connectivity index (χ0v) is 23.2. The molecule has 0 spiro atoms. The third-order valence-electron chi connectivity index (χ3n) is 5.92. The van der Waals surface area contributed by atoms with Gasteiger partial charge in [-0.3, -0.25) is 9.59 Å². The number of halogens is 4. The van der Waals surface area contributed by atoms with E-state index in [0.717, 1.165) is 0 Å². The van der Waals surface area contributed by atoms with Crippen molar-refractivity contribution in [1.29, 1.82) is 0 Å². The molecule has 1 heterocycles. The van der Waals surface area contributed by atoms with Crippen LogP contribution in [0, 0.1) is 0 Å². The standard InChI is InChI=1S/C18H38.C8HCl4NO2/c1-3-5-7-9-11-13-15-17-18-16-14-12-10-8-6-4-2;9-3-1-2-4(6(11)5(3)10)8(15)13(12)7(2)14/h3-18H2,1-2H3;1H. The molecule has 0 radical (unpaired) electrons. The minimum atomic E-state index is -0.694. The van der Waals surface area contributed by atoms with Gasteiger partial charge in [0, 0.05) is 11.8 Å². The van der Waals surface area contributed by atoms with Gasteiger partial charge in [-0.05, 0) is 6.07 Å². The molecule has 33 heavy (non-hydrogen) atoms. The van der Waals surface area contributed by atoms with Crippen molar-refractivity contribution in [2.75, 3.05) is 0 Å². The van der Waals surface area contributed by atoms with Crippen molar-refractivity contribution in [1.82, 2.24) is 4.42 Å². The van der Waals surface area contributed by atoms with Gasteiger partial charge in [-0.25, -0.2) is 0 Å². The van der Waals surface area contributed by atoms with Crippen LogP contribution in [0.15, 0.2) is 6.07 Å². The Morgan fingerprint density at radius 1 is 0.606 bits per heavy atom. The number of carbonyl (C=O) groups excluding carboxylic acids is 2. The van der Waals surface area contributed by atoms with Gasteiger partial charge in [0.15, 0.2) is 0 Å². The lowest BCUT2D eigenvalue weighted by Gasteiger charge is -2.03. The zero-order valence-electron chi connectivity index (χ0n) is 20.2. The molecule has 0 bridgehead atoms. The van der Waals surface area contributed by atoms with Crippen molar-refractivity contribution in [3.8, 4) is 0 Å². The minimum absolute atomic E-state index is 0.00827. The topological polar surface area (TPSA) is 37.4 Å². The van der Waals surface area contributed by atoms with Crippen molar-refractivity contribution < 1.29 is 9.59 Å². The van der Waals surface area contributed by atoms with Crippen molar-refractivity contribution in [2.45, 2.75) is 117 Å². The lowest BCUT2D eigenvalue weighted by Crippen LogP contribution is -2.18. The van der Waals surface area contributed by atoms with Gasteiger partial charge in [-0.2, -0.15) is 4.42 Å². The van der Waals surface area contributed by atoms with E-state index in [1.807, 2.05) is 0 Å². The largest absolute Gasteiger partial charge is 0.277 e. The Bertz CT molecular complexity index is 723. The summed E-state index contributed by atoms with van der Waals surface area (Å²) in [5, 5.41) is 0.0828. The van der Waals surface area contributed by atoms with Crippen LogP contribution in [0.25, 0.3) is 0 Å². The molecule has 2 rings (SSSR count). The Balaban J connectivity index is 0.000000334. The molecule has 188 valence electrons. The van der Waals surface area contributed by atoms with Crippen molar-refractivity contribution in [3.05, 3.63) is 32.3 Å². The molecule has 0 atom stereocenters. The highest BCUT2D eigenvalue weighted by atomic mass is 35.5. The number of fused-ring (bicyclic) bond motifs is 1. The summed E-state index contributed by atoms with van der Waals surface area (Å²) in [6.45, 7) is 4.59. The van der Waals surface area contributed by atoms with Crippen molar-refractivity contribution in [2.24, 2.45) is 0 Å². The van der Waals surface area contributed by atoms with E-state index in [9.17, 15) is 9.59 Å². The maximum atomic E-state index is 11.5. The monoisotopic (exact) mass is 537 g/mol. The van der Waals surface area contributed by atoms with Crippen LogP contribution in [-0.2, 0) is 0 Å². The maximum Gasteiger partial charge on any atom is 0.277 e. The molecule has 0 unspecified atom stereocenters. The first kappa shape index (κ1) is 30.6. The third kappa shape index (κ3) is 10.8. The second kappa shape index (κ2) is 17.9. The number of nitrogens with zero attached hydrogens (tertiary/aromatic N) is 1. The Morgan fingerprint density at radius 2 is 0.970 bits per heavy atom. The smallest absolute Gasteiger partial charge is 0.267 e. The van der Waals surface area contributed by atoms with E-state index in [-0.39, 0.29) is 26.2 Å². The fourth-order valence-corrected chi connectivity index (χ4v) is 4.75. The lowest BCUT2D eigenvalue weighted by molar-refractivity contribution is 0.0767. The molecule has 1 aromatic carbocycles. The Hall–Kier alpha value is -0.480. The third-order valence-corrected chi connectivity index (χ3v) is 7.49. The second-order valence-electron chi connectivity index (χ2n) is 8.75. The molecule has 0 aromatic heterocycles. The Kier molecular flexibility index (Phi) is 16.6. The normalized spacial score (nSPS) is 12.7. The minimum Gasteiger partial charge on any atom is -0.267 e. The maximum absolute atomic E-state index is 11.5. The van der Waals surface area contributed by atoms with E-state index in [1.54, 1.807) is 0 Å². The van der Waals surface area contributed by atoms with Gasteiger partial charge in [0.25, 0.3) is 11.8 Å². The molecule has 0 saturated carbocycles. The first-order chi connectivity index (χ1) is 15.9. The quantitative estimate of drug-likeness (QED) is 0.0962. The number of imide groups is 1. The SMILES string of the molecule is CCCCCCCCCCCCCCCCCC.O=C1c2cc(Cl)c(Cl)c(Cl)c2C(=O)N1Cl. The number of unbranched alkanes of at least 4 members (excludes halogenated alkanes) is 15. The van der Waals surface area contributed by atoms with E-state index < -0.39 is 11.8 Å². The first-order valence-electron chi connectivity index (χ1n) is 12.6. The highest BCUT2D eigenvalue weighted by Crippen LogP contribution is 2.39. The Labute approximate surface area is 220 Å². The van der Waals surface area contributed by atoms with Crippen molar-refractivity contribution >= 4 is 58.4 Å². The van der Waals surface area contributed by atoms with Crippen LogP contribution in [0.1, 0.15) is 137 Å². The van der Waals surface area contributed by atoms with Crippen LogP contribution >= 0.6 is 46.6 Å². The van der Waals surface area contributed by atoms with Crippen LogP contribution in [0.5, 0.6) is 0 Å². The molecule has 0 fully saturated rings. The molecular formula is C26H39Cl4NO2. The van der Waals surface area contributed by atoms with Gasteiger partial charge in [0.05, 0.1) is 26.2 Å². The van der Waals surface area contributed by atoms with Gasteiger partial charge in [-0.1, -0.05) is 151 Å². The molecule has 0 aliphatic carbocycles. The number of benzene rings is 1. The highest BCUT2D eigenvalue weighted by Gasteiger charge is 2.38. The Morgan fingerprint density at radius 3 is 1.33 bits per heavy atom. The summed E-state index contributed by atoms with van der Waals surface area (Å²) < 4.78 is 0.448. The van der Waals surface area contributed by atoms with Crippen LogP contribution in [0.3, 0.4) is 0 Å². The van der Waals surface area contributed by atoms with Gasteiger partial charge in [0.2, 0.25) is 0 Å². The fourth-order valence-electron chi connectivity index (χ4n) is 3.89. The van der Waals surface area contributed by atoms with E-state index in [2.05, 4.69) is 13.8 Å². The summed E-state index contributed by atoms with van der Waals surface area (Å²) in [6.07, 6.45) is 23.4. The molecule has 3 nitrogen and oxygen atoms in total. The highest BCUT2D eigenvalue weighted by molar-refractivity contribution is 6.52. The fraction of sp³-hybridized carbons (Fsp3) is 0.692. The number of hydrogen-bond donors (Lipinski definition) is 0. The number of amides is 2. The molecular weight excluding hydrogens is 500 g/mol. The van der Waals surface area contributed by atoms with Crippen LogP contribution in [0.2, 0.25) is 15.1 Å². The molecule has 0 N–H and O–H groups in total. The average molecular weight is 539 g/mol. The van der Waals surface area contributed by atoms with E-state index >= 15 is 0 Å². The summed E-state index contributed by atoms with van der Waals surface area (Å²) in [5.74, 6) is -1.35. The van der Waals surface area contributed by atoms with Crippen molar-refractivity contribution in [3.63, 3.8) is 0 Å². The summed E-state index contributed by atoms with van der Waals surface area (Å²) in [7, 11) is 0. The summed E-state index contributed by atoms with van der Waals surface area (Å²) >= 11 is 22.7. The molecule has 0 saturated heterocycles. The summed E-state index contributed by atoms with van der Waals surface area (Å²) in [6, 6.07) is 1.27. The number of rotatable bonds is 15. The summed E-state index contributed by atoms with van der Waals surface area (Å²) in [5.41, 5.74) is 0.0560. The first-order valence-corrected chi connectivity index (χ1v) is 14.1. The molecule has 1 aromatic rings. The van der Waals surface area contributed by atoms with Gasteiger partial charge in [0.1, 0.15) is 0 Å². The summed E-state index contributed by atoms with van der Waals surface area (Å²) in [4.78, 5) is 22.9. The van der Waals surface area contributed by atoms with E-state index in [0.29, 0.717) is 4.42 Å². The predicted molar refractivity (Wildman–Crippen MR) is 143 cm³/mol. The molecule has 1 aliphatic heterocycles. The molecule has 7 heteroatoms. The lowest BCUT2D eigenvalue weighted by atomic mass is 10.0. The van der Waals surface area contributed by atoms with Crippen LogP contribution in [-0.4, -0.2) is 16.2 Å². The van der Waals surface area contributed by atoms with Gasteiger partial charge in [-0.15, -0.1) is 0 Å². The predicted octanol–water partition coefficient (Wildman–Crippen LogP) is 10.7. The molecule has 1 aliphatic rings. The van der Waals surface area contributed by atoms with E-state index in [1.165, 1.54) is 109 Å². The average Bonchev–Trinajstić information content (AvgIpc) is 3.02. The van der Waals surface area contributed by atoms with E-state index in [4.69, 9.17) is 46.6 Å². The molecule has 2 amide bonds. The number of hydrogen-bond acceptors (Lipinski definition) is 2. The van der Waals surface area contributed by atoms with Crippen LogP contribution in [0.4, 0.5) is 0 Å². The zero-order chi connectivity index (χ0) is 24.6. The van der Waals surface area contributed by atoms with Crippen LogP contribution < -0.4 is 0 Å². The second-order valence-corrected chi connectivity index (χ2v) is 10.3. The van der Waals surface area contributed by atoms with Gasteiger partial charge < -0.3 is 0 Å².